The lowest BCUT2D eigenvalue weighted by molar-refractivity contribution is -0.154. The number of urea groups is 1. The average Bonchev–Trinajstić information content (AvgIpc) is 3.54. The highest BCUT2D eigenvalue weighted by Gasteiger charge is 2.37. The number of para-hydroxylation sites is 1. The lowest BCUT2D eigenvalue weighted by Crippen LogP contribution is -2.42. The number of aromatic nitrogens is 3. The fourth-order valence-corrected chi connectivity index (χ4v) is 4.62. The SMILES string of the molecule is COCCN1C[C@@H](NC(=O)Nc2c(C)c(-c3ccc(C#N)cc3)nn2-c2ccccc2)[C@H](c2cnc(F)c(F)c2)O1. The van der Waals surface area contributed by atoms with Crippen molar-refractivity contribution < 1.29 is 23.1 Å². The highest BCUT2D eigenvalue weighted by molar-refractivity contribution is 5.91. The molecule has 0 unspecified atom stereocenters. The minimum absolute atomic E-state index is 0.272. The summed E-state index contributed by atoms with van der Waals surface area (Å²) in [6.45, 7) is 2.89. The zero-order valence-electron chi connectivity index (χ0n) is 22.3. The number of hydroxylamine groups is 2. The molecule has 0 radical (unpaired) electrons. The van der Waals surface area contributed by atoms with Crippen molar-refractivity contribution in [1.29, 1.82) is 5.26 Å². The number of pyridine rings is 1. The van der Waals surface area contributed by atoms with Gasteiger partial charge in [0.1, 0.15) is 11.9 Å². The number of nitrogens with zero attached hydrogens (tertiary/aromatic N) is 5. The smallest absolute Gasteiger partial charge is 0.320 e. The number of halogens is 2. The molecular formula is C29H27F2N7O3. The van der Waals surface area contributed by atoms with Gasteiger partial charge in [-0.3, -0.25) is 10.2 Å². The zero-order chi connectivity index (χ0) is 28.9. The lowest BCUT2D eigenvalue weighted by Gasteiger charge is -2.19. The molecule has 210 valence electrons. The largest absolute Gasteiger partial charge is 0.383 e. The maximum absolute atomic E-state index is 14.0. The van der Waals surface area contributed by atoms with Crippen LogP contribution in [0.3, 0.4) is 0 Å². The number of hydrogen-bond acceptors (Lipinski definition) is 7. The summed E-state index contributed by atoms with van der Waals surface area (Å²) in [7, 11) is 1.56. The molecule has 2 aromatic carbocycles. The second-order valence-corrected chi connectivity index (χ2v) is 9.41. The number of nitrogens with one attached hydrogen (secondary N) is 2. The Morgan fingerprint density at radius 1 is 1.20 bits per heavy atom. The molecule has 12 heteroatoms. The summed E-state index contributed by atoms with van der Waals surface area (Å²) in [5.41, 5.74) is 3.65. The van der Waals surface area contributed by atoms with Gasteiger partial charge in [-0.05, 0) is 37.3 Å². The number of hydrogen-bond donors (Lipinski definition) is 2. The fourth-order valence-electron chi connectivity index (χ4n) is 4.62. The summed E-state index contributed by atoms with van der Waals surface area (Å²) in [5.74, 6) is -1.88. The van der Waals surface area contributed by atoms with Gasteiger partial charge >= 0.3 is 6.03 Å². The Bertz CT molecular complexity index is 1570. The van der Waals surface area contributed by atoms with Crippen molar-refractivity contribution in [3.8, 4) is 23.0 Å². The summed E-state index contributed by atoms with van der Waals surface area (Å²) >= 11 is 0. The number of anilines is 1. The molecule has 0 saturated carbocycles. The standard InChI is InChI=1S/C29H27F2N7O3/c1-18-25(20-10-8-19(15-32)9-11-20)36-38(22-6-4-3-5-7-22)28(18)35-29(39)34-24-17-37(12-13-40-2)41-26(24)21-14-23(30)27(31)33-16-21/h3-11,14,16,24,26H,12-13,17H2,1-2H3,(H2,34,35,39)/t24-,26+/m1/s1. The van der Waals surface area contributed by atoms with Crippen molar-refractivity contribution in [2.24, 2.45) is 0 Å². The monoisotopic (exact) mass is 559 g/mol. The van der Waals surface area contributed by atoms with E-state index in [1.165, 1.54) is 6.20 Å². The quantitative estimate of drug-likeness (QED) is 0.305. The van der Waals surface area contributed by atoms with E-state index in [2.05, 4.69) is 21.7 Å². The normalized spacial score (nSPS) is 16.9. The Kier molecular flexibility index (Phi) is 8.30. The van der Waals surface area contributed by atoms with Crippen molar-refractivity contribution in [2.45, 2.75) is 19.1 Å². The van der Waals surface area contributed by atoms with Crippen LogP contribution < -0.4 is 10.6 Å². The van der Waals surface area contributed by atoms with Crippen LogP contribution in [-0.4, -0.2) is 58.7 Å². The van der Waals surface area contributed by atoms with Crippen LogP contribution in [0.4, 0.5) is 19.4 Å². The number of amides is 2. The van der Waals surface area contributed by atoms with E-state index in [9.17, 15) is 13.6 Å². The van der Waals surface area contributed by atoms with Crippen molar-refractivity contribution in [3.05, 3.63) is 95.3 Å². The highest BCUT2D eigenvalue weighted by atomic mass is 19.2. The van der Waals surface area contributed by atoms with Crippen LogP contribution in [0.15, 0.2) is 66.9 Å². The Labute approximate surface area is 235 Å². The number of methoxy groups -OCH3 is 1. The van der Waals surface area contributed by atoms with Gasteiger partial charge in [0, 0.05) is 43.1 Å². The van der Waals surface area contributed by atoms with Gasteiger partial charge in [0.2, 0.25) is 5.95 Å². The molecule has 2 N–H and O–H groups in total. The van der Waals surface area contributed by atoms with Gasteiger partial charge in [0.25, 0.3) is 0 Å². The molecule has 5 rings (SSSR count). The molecule has 41 heavy (non-hydrogen) atoms. The second-order valence-electron chi connectivity index (χ2n) is 9.41. The van der Waals surface area contributed by atoms with Gasteiger partial charge in [0.05, 0.1) is 35.7 Å². The Balaban J connectivity index is 1.43. The lowest BCUT2D eigenvalue weighted by atomic mass is 10.0. The van der Waals surface area contributed by atoms with E-state index in [1.807, 2.05) is 37.3 Å². The molecule has 2 aromatic heterocycles. The molecule has 1 aliphatic rings. The van der Waals surface area contributed by atoms with Crippen LogP contribution in [0.5, 0.6) is 0 Å². The van der Waals surface area contributed by atoms with Gasteiger partial charge in [-0.15, -0.1) is 0 Å². The first-order valence-corrected chi connectivity index (χ1v) is 12.8. The third-order valence-electron chi connectivity index (χ3n) is 6.68. The molecular weight excluding hydrogens is 532 g/mol. The number of ether oxygens (including phenoxy) is 1. The summed E-state index contributed by atoms with van der Waals surface area (Å²) < 4.78 is 34.3. The topological polar surface area (TPSA) is 117 Å². The molecule has 1 aliphatic heterocycles. The van der Waals surface area contributed by atoms with Crippen molar-refractivity contribution in [2.75, 3.05) is 32.1 Å². The van der Waals surface area contributed by atoms with Gasteiger partial charge in [-0.25, -0.2) is 18.9 Å². The van der Waals surface area contributed by atoms with Crippen LogP contribution in [-0.2, 0) is 9.57 Å². The fraction of sp³-hybridized carbons (Fsp3) is 0.241. The van der Waals surface area contributed by atoms with Crippen molar-refractivity contribution in [3.63, 3.8) is 0 Å². The predicted molar refractivity (Wildman–Crippen MR) is 146 cm³/mol. The summed E-state index contributed by atoms with van der Waals surface area (Å²) in [4.78, 5) is 22.8. The summed E-state index contributed by atoms with van der Waals surface area (Å²) in [6, 6.07) is 18.3. The molecule has 1 fully saturated rings. The first kappa shape index (κ1) is 27.9. The van der Waals surface area contributed by atoms with E-state index < -0.39 is 29.9 Å². The number of carbonyl (C=O) groups is 1. The molecule has 3 heterocycles. The molecule has 0 spiro atoms. The van der Waals surface area contributed by atoms with Crippen LogP contribution in [0.25, 0.3) is 16.9 Å². The minimum atomic E-state index is -1.21. The van der Waals surface area contributed by atoms with E-state index >= 15 is 0 Å². The number of nitriles is 1. The maximum atomic E-state index is 14.0. The van der Waals surface area contributed by atoms with Crippen LogP contribution in [0.2, 0.25) is 0 Å². The van der Waals surface area contributed by atoms with Crippen molar-refractivity contribution in [1.82, 2.24) is 25.1 Å². The Hall–Kier alpha value is -4.70. The first-order valence-electron chi connectivity index (χ1n) is 12.8. The molecule has 2 amide bonds. The van der Waals surface area contributed by atoms with Gasteiger partial charge in [-0.2, -0.15) is 19.8 Å². The second kappa shape index (κ2) is 12.2. The molecule has 0 aliphatic carbocycles. The number of benzene rings is 2. The van der Waals surface area contributed by atoms with Crippen molar-refractivity contribution >= 4 is 11.8 Å². The Morgan fingerprint density at radius 3 is 2.63 bits per heavy atom. The number of carbonyl (C=O) groups excluding carboxylic acids is 1. The van der Waals surface area contributed by atoms with Crippen LogP contribution in [0.1, 0.15) is 22.8 Å². The molecule has 2 atom stereocenters. The predicted octanol–water partition coefficient (Wildman–Crippen LogP) is 4.52. The zero-order valence-corrected chi connectivity index (χ0v) is 22.3. The van der Waals surface area contributed by atoms with E-state index in [1.54, 1.807) is 41.1 Å². The number of rotatable bonds is 8. The third-order valence-corrected chi connectivity index (χ3v) is 6.68. The maximum Gasteiger partial charge on any atom is 0.320 e. The van der Waals surface area contributed by atoms with E-state index in [-0.39, 0.29) is 12.1 Å². The molecule has 4 aromatic rings. The average molecular weight is 560 g/mol. The Morgan fingerprint density at radius 2 is 1.95 bits per heavy atom. The van der Waals surface area contributed by atoms with E-state index in [0.29, 0.717) is 35.8 Å². The van der Waals surface area contributed by atoms with E-state index in [4.69, 9.17) is 19.9 Å². The van der Waals surface area contributed by atoms with Gasteiger partial charge < -0.3 is 10.1 Å². The summed E-state index contributed by atoms with van der Waals surface area (Å²) in [6.07, 6.45) is 0.378. The van der Waals surface area contributed by atoms with E-state index in [0.717, 1.165) is 17.3 Å². The summed E-state index contributed by atoms with van der Waals surface area (Å²) in [5, 5.41) is 21.4. The van der Waals surface area contributed by atoms with Gasteiger partial charge in [0.15, 0.2) is 5.82 Å². The van der Waals surface area contributed by atoms with Crippen LogP contribution in [0, 0.1) is 30.0 Å². The molecule has 0 bridgehead atoms. The third kappa shape index (κ3) is 6.07. The minimum Gasteiger partial charge on any atom is -0.383 e. The van der Waals surface area contributed by atoms with Crippen LogP contribution >= 0.6 is 0 Å². The molecule has 10 nitrogen and oxygen atoms in total. The highest BCUT2D eigenvalue weighted by Crippen LogP contribution is 2.32. The first-order chi connectivity index (χ1) is 19.9. The van der Waals surface area contributed by atoms with Gasteiger partial charge in [-0.1, -0.05) is 30.3 Å². The molecule has 1 saturated heterocycles.